The fourth-order valence-corrected chi connectivity index (χ4v) is 2.91. The minimum atomic E-state index is -0.478. The number of carbonyl (C=O) groups excluding carboxylic acids is 1. The van der Waals surface area contributed by atoms with E-state index in [1.807, 2.05) is 0 Å². The molecule has 1 aromatic carbocycles. The van der Waals surface area contributed by atoms with Crippen LogP contribution in [-0.2, 0) is 4.74 Å². The zero-order chi connectivity index (χ0) is 14.9. The van der Waals surface area contributed by atoms with Crippen LogP contribution < -0.4 is 0 Å². The van der Waals surface area contributed by atoms with Gasteiger partial charge in [-0.05, 0) is 42.7 Å². The maximum atomic E-state index is 12.1. The van der Waals surface area contributed by atoms with Gasteiger partial charge in [-0.1, -0.05) is 48.7 Å². The first kappa shape index (κ1) is 15.9. The van der Waals surface area contributed by atoms with Crippen LogP contribution in [0.25, 0.3) is 0 Å². The van der Waals surface area contributed by atoms with Gasteiger partial charge in [0, 0.05) is 5.02 Å². The lowest BCUT2D eigenvalue weighted by atomic mass is 9.92. The molecule has 2 unspecified atom stereocenters. The van der Waals surface area contributed by atoms with Gasteiger partial charge in [0.15, 0.2) is 0 Å². The van der Waals surface area contributed by atoms with Gasteiger partial charge in [0.2, 0.25) is 0 Å². The third-order valence-corrected chi connectivity index (χ3v) is 4.97. The molecule has 0 N–H and O–H groups in total. The van der Waals surface area contributed by atoms with E-state index in [9.17, 15) is 4.79 Å². The molecule has 0 spiro atoms. The van der Waals surface area contributed by atoms with Crippen molar-refractivity contribution in [2.45, 2.75) is 26.7 Å². The summed E-state index contributed by atoms with van der Waals surface area (Å²) in [6.07, 6.45) is 2.57. The van der Waals surface area contributed by atoms with E-state index in [1.54, 1.807) is 0 Å². The van der Waals surface area contributed by atoms with Crippen molar-refractivity contribution < 1.29 is 9.53 Å². The van der Waals surface area contributed by atoms with Crippen molar-refractivity contribution in [1.82, 2.24) is 0 Å². The number of halogens is 3. The maximum Gasteiger partial charge on any atom is 0.339 e. The molecular weight excluding hydrogens is 319 g/mol. The van der Waals surface area contributed by atoms with Crippen molar-refractivity contribution in [1.29, 1.82) is 0 Å². The van der Waals surface area contributed by atoms with E-state index in [4.69, 9.17) is 39.5 Å². The molecule has 2 rings (SSSR count). The van der Waals surface area contributed by atoms with E-state index >= 15 is 0 Å². The van der Waals surface area contributed by atoms with Gasteiger partial charge < -0.3 is 4.74 Å². The van der Waals surface area contributed by atoms with Crippen LogP contribution in [0.5, 0.6) is 0 Å². The molecule has 1 aliphatic rings. The van der Waals surface area contributed by atoms with Gasteiger partial charge >= 0.3 is 5.97 Å². The highest BCUT2D eigenvalue weighted by atomic mass is 35.5. The summed E-state index contributed by atoms with van der Waals surface area (Å²) in [5.41, 5.74) is 0.218. The van der Waals surface area contributed by atoms with Crippen molar-refractivity contribution in [2.24, 2.45) is 17.8 Å². The lowest BCUT2D eigenvalue weighted by Crippen LogP contribution is -2.19. The summed E-state index contributed by atoms with van der Waals surface area (Å²) in [6.45, 7) is 4.69. The molecule has 1 aromatic rings. The summed E-state index contributed by atoms with van der Waals surface area (Å²) >= 11 is 17.8. The normalized spacial score (nSPS) is 17.6. The second-order valence-electron chi connectivity index (χ2n) is 5.52. The van der Waals surface area contributed by atoms with Gasteiger partial charge in [0.05, 0.1) is 22.2 Å². The highest BCUT2D eigenvalue weighted by Gasteiger charge is 2.31. The number of hydrogen-bond acceptors (Lipinski definition) is 2. The summed E-state index contributed by atoms with van der Waals surface area (Å²) in [5.74, 6) is 1.21. The molecule has 1 saturated carbocycles. The number of benzene rings is 1. The van der Waals surface area contributed by atoms with Gasteiger partial charge in [-0.2, -0.15) is 0 Å². The molecule has 0 radical (unpaired) electrons. The van der Waals surface area contributed by atoms with E-state index in [1.165, 1.54) is 25.0 Å². The molecule has 20 heavy (non-hydrogen) atoms. The minimum absolute atomic E-state index is 0.184. The summed E-state index contributed by atoms with van der Waals surface area (Å²) in [4.78, 5) is 12.1. The van der Waals surface area contributed by atoms with E-state index in [0.29, 0.717) is 23.5 Å². The topological polar surface area (TPSA) is 26.3 Å². The minimum Gasteiger partial charge on any atom is -0.462 e. The Balaban J connectivity index is 1.98. The quantitative estimate of drug-likeness (QED) is 0.525. The summed E-state index contributed by atoms with van der Waals surface area (Å²) in [6, 6.07) is 2.98. The van der Waals surface area contributed by atoms with Gasteiger partial charge in [0.1, 0.15) is 0 Å². The molecule has 0 aliphatic heterocycles. The van der Waals surface area contributed by atoms with Crippen LogP contribution in [0, 0.1) is 17.8 Å². The van der Waals surface area contributed by atoms with Crippen LogP contribution in [0.1, 0.15) is 37.0 Å². The van der Waals surface area contributed by atoms with Crippen molar-refractivity contribution in [2.75, 3.05) is 6.61 Å². The van der Waals surface area contributed by atoms with E-state index in [-0.39, 0.29) is 15.6 Å². The zero-order valence-electron chi connectivity index (χ0n) is 11.5. The Hall–Kier alpha value is -0.440. The number of rotatable bonds is 5. The fraction of sp³-hybridized carbons (Fsp3) is 0.533. The van der Waals surface area contributed by atoms with Crippen LogP contribution in [0.3, 0.4) is 0 Å². The van der Waals surface area contributed by atoms with Gasteiger partial charge in [-0.3, -0.25) is 0 Å². The van der Waals surface area contributed by atoms with Crippen molar-refractivity contribution in [3.05, 3.63) is 32.8 Å². The zero-order valence-corrected chi connectivity index (χ0v) is 13.7. The Morgan fingerprint density at radius 3 is 2.55 bits per heavy atom. The van der Waals surface area contributed by atoms with Crippen LogP contribution in [0.15, 0.2) is 12.1 Å². The van der Waals surface area contributed by atoms with Crippen molar-refractivity contribution in [3.63, 3.8) is 0 Å². The van der Waals surface area contributed by atoms with Crippen LogP contribution in [0.4, 0.5) is 0 Å². The average molecular weight is 336 g/mol. The molecule has 2 nitrogen and oxygen atoms in total. The SMILES string of the molecule is CC(COC(=O)c1cc(Cl)cc(Cl)c1Cl)C(C)C1CC1. The Kier molecular flexibility index (Phi) is 5.22. The van der Waals surface area contributed by atoms with Gasteiger partial charge in [-0.25, -0.2) is 4.79 Å². The molecule has 1 fully saturated rings. The number of hydrogen-bond donors (Lipinski definition) is 0. The van der Waals surface area contributed by atoms with E-state index in [0.717, 1.165) is 5.92 Å². The first-order chi connectivity index (χ1) is 9.40. The number of carbonyl (C=O) groups is 1. The second kappa shape index (κ2) is 6.55. The predicted molar refractivity (Wildman–Crippen MR) is 82.8 cm³/mol. The number of ether oxygens (including phenoxy) is 1. The average Bonchev–Trinajstić information content (AvgIpc) is 3.23. The predicted octanol–water partition coefficient (Wildman–Crippen LogP) is 5.49. The summed E-state index contributed by atoms with van der Waals surface area (Å²) in [7, 11) is 0. The Morgan fingerprint density at radius 1 is 1.30 bits per heavy atom. The van der Waals surface area contributed by atoms with Crippen LogP contribution >= 0.6 is 34.8 Å². The molecular formula is C15H17Cl3O2. The molecule has 5 heteroatoms. The molecule has 0 saturated heterocycles. The molecule has 2 atom stereocenters. The Morgan fingerprint density at radius 2 is 1.95 bits per heavy atom. The monoisotopic (exact) mass is 334 g/mol. The van der Waals surface area contributed by atoms with E-state index in [2.05, 4.69) is 13.8 Å². The van der Waals surface area contributed by atoms with Crippen molar-refractivity contribution >= 4 is 40.8 Å². The van der Waals surface area contributed by atoms with Crippen LogP contribution in [-0.4, -0.2) is 12.6 Å². The third-order valence-electron chi connectivity index (χ3n) is 3.95. The Bertz CT molecular complexity index is 512. The maximum absolute atomic E-state index is 12.1. The summed E-state index contributed by atoms with van der Waals surface area (Å²) in [5, 5.41) is 0.806. The Labute approximate surface area is 134 Å². The largest absolute Gasteiger partial charge is 0.462 e. The highest BCUT2D eigenvalue weighted by molar-refractivity contribution is 6.45. The molecule has 0 bridgehead atoms. The standard InChI is InChI=1S/C15H17Cl3O2/c1-8(9(2)10-3-4-10)7-20-15(19)12-5-11(16)6-13(17)14(12)18/h5-6,8-10H,3-4,7H2,1-2H3. The molecule has 0 aromatic heterocycles. The molecule has 0 heterocycles. The third kappa shape index (κ3) is 3.81. The number of esters is 1. The van der Waals surface area contributed by atoms with Crippen LogP contribution in [0.2, 0.25) is 15.1 Å². The smallest absolute Gasteiger partial charge is 0.339 e. The molecule has 1 aliphatic carbocycles. The second-order valence-corrected chi connectivity index (χ2v) is 6.74. The highest BCUT2D eigenvalue weighted by Crippen LogP contribution is 2.40. The fourth-order valence-electron chi connectivity index (χ4n) is 2.23. The first-order valence-corrected chi connectivity index (χ1v) is 7.85. The lowest BCUT2D eigenvalue weighted by molar-refractivity contribution is 0.0404. The molecule has 110 valence electrons. The first-order valence-electron chi connectivity index (χ1n) is 6.71. The molecule has 0 amide bonds. The summed E-state index contributed by atoms with van der Waals surface area (Å²) < 4.78 is 5.34. The van der Waals surface area contributed by atoms with Gasteiger partial charge in [-0.15, -0.1) is 0 Å². The van der Waals surface area contributed by atoms with E-state index < -0.39 is 5.97 Å². The van der Waals surface area contributed by atoms with Gasteiger partial charge in [0.25, 0.3) is 0 Å². The van der Waals surface area contributed by atoms with Crippen molar-refractivity contribution in [3.8, 4) is 0 Å². The lowest BCUT2D eigenvalue weighted by Gasteiger charge is -2.19.